The van der Waals surface area contributed by atoms with E-state index in [0.717, 1.165) is 0 Å². The van der Waals surface area contributed by atoms with Gasteiger partial charge in [0.1, 0.15) is 0 Å². The van der Waals surface area contributed by atoms with Crippen LogP contribution in [0, 0.1) is 0 Å². The molecule has 0 aliphatic heterocycles. The Bertz CT molecular complexity index is 388. The molecule has 0 spiro atoms. The Balaban J connectivity index is 0.00000128. The minimum Gasteiger partial charge on any atom is -1.00 e. The van der Waals surface area contributed by atoms with Crippen molar-refractivity contribution in [3.8, 4) is 0 Å². The first-order chi connectivity index (χ1) is 7.09. The molecular weight excluding hydrogens is 332 g/mol. The first-order valence-electron chi connectivity index (χ1n) is 5.46. The third kappa shape index (κ3) is 4.12. The van der Waals surface area contributed by atoms with Crippen LogP contribution in [0.25, 0.3) is 0 Å². The van der Waals surface area contributed by atoms with Crippen molar-refractivity contribution in [2.45, 2.75) is 30.3 Å². The molecule has 0 unspecified atom stereocenters. The van der Waals surface area contributed by atoms with E-state index in [1.807, 2.05) is 0 Å². The molecule has 0 bridgehead atoms. The van der Waals surface area contributed by atoms with Crippen LogP contribution >= 0.6 is 0 Å². The maximum absolute atomic E-state index is 3.44. The summed E-state index contributed by atoms with van der Waals surface area (Å²) in [5.41, 5.74) is 0. The third-order valence-corrected chi connectivity index (χ3v) is 11.0. The van der Waals surface area contributed by atoms with E-state index < -0.39 is 21.8 Å². The van der Waals surface area contributed by atoms with E-state index in [2.05, 4.69) is 62.3 Å². The summed E-state index contributed by atoms with van der Waals surface area (Å²) in [4.78, 5) is 3.44. The van der Waals surface area contributed by atoms with Crippen LogP contribution in [0.1, 0.15) is 27.2 Å². The number of aromatic amines is 1. The molecule has 0 saturated heterocycles. The second kappa shape index (κ2) is 6.97. The molecule has 0 amide bonds. The monoisotopic (exact) mass is 348 g/mol. The van der Waals surface area contributed by atoms with Crippen molar-refractivity contribution in [3.63, 3.8) is 0 Å². The summed E-state index contributed by atoms with van der Waals surface area (Å²) in [6, 6.07) is 4.41. The summed E-state index contributed by atoms with van der Waals surface area (Å²) >= 11 is -1.68. The van der Waals surface area contributed by atoms with E-state index in [1.54, 1.807) is 3.28 Å². The summed E-state index contributed by atoms with van der Waals surface area (Å²) in [5.74, 6) is 0. The SMILES string of the molecule is C[C](C)(C)[Zr+2]([C]1=CC=CC1)[c]1ccc[nH]1.[Cl-].[Cl-]. The fourth-order valence-electron chi connectivity index (χ4n) is 2.18. The first-order valence-corrected chi connectivity index (χ1v) is 9.15. The van der Waals surface area contributed by atoms with Crippen molar-refractivity contribution >= 4 is 3.40 Å². The van der Waals surface area contributed by atoms with Crippen LogP contribution < -0.4 is 28.2 Å². The Labute approximate surface area is 124 Å². The second-order valence-corrected chi connectivity index (χ2v) is 13.5. The molecule has 1 nitrogen and oxygen atoms in total. The zero-order chi connectivity index (χ0) is 10.9. The predicted octanol–water partition coefficient (Wildman–Crippen LogP) is -2.67. The van der Waals surface area contributed by atoms with Crippen LogP contribution in [0.15, 0.2) is 39.8 Å². The predicted molar refractivity (Wildman–Crippen MR) is 62.0 cm³/mol. The van der Waals surface area contributed by atoms with Gasteiger partial charge >= 0.3 is 100 Å². The van der Waals surface area contributed by atoms with Crippen molar-refractivity contribution in [1.82, 2.24) is 4.98 Å². The Hall–Kier alpha value is 0.223. The van der Waals surface area contributed by atoms with Gasteiger partial charge in [0.2, 0.25) is 0 Å². The zero-order valence-electron chi connectivity index (χ0n) is 10.4. The molecule has 0 aromatic carbocycles. The number of allylic oxidation sites excluding steroid dienone is 4. The summed E-state index contributed by atoms with van der Waals surface area (Å²) in [7, 11) is 0. The van der Waals surface area contributed by atoms with E-state index in [9.17, 15) is 0 Å². The van der Waals surface area contributed by atoms with Crippen LogP contribution in [0.4, 0.5) is 0 Å². The number of aromatic nitrogens is 1. The number of nitrogens with one attached hydrogen (secondary N) is 1. The Morgan fingerprint density at radius 2 is 1.94 bits per heavy atom. The fraction of sp³-hybridized carbons (Fsp3) is 0.385. The normalized spacial score (nSPS) is 13.7. The van der Waals surface area contributed by atoms with Gasteiger partial charge in [0, 0.05) is 0 Å². The van der Waals surface area contributed by atoms with Gasteiger partial charge in [-0.1, -0.05) is 0 Å². The van der Waals surface area contributed by atoms with Crippen LogP contribution in [0.2, 0.25) is 3.12 Å². The molecule has 1 aliphatic rings. The molecule has 1 aromatic heterocycles. The van der Waals surface area contributed by atoms with Gasteiger partial charge in [-0.15, -0.1) is 0 Å². The Morgan fingerprint density at radius 3 is 2.35 bits per heavy atom. The van der Waals surface area contributed by atoms with E-state index in [-0.39, 0.29) is 24.8 Å². The van der Waals surface area contributed by atoms with Crippen LogP contribution in [-0.2, 0) is 21.8 Å². The molecule has 0 saturated carbocycles. The number of hydrogen-bond donors (Lipinski definition) is 1. The molecule has 17 heavy (non-hydrogen) atoms. The topological polar surface area (TPSA) is 15.8 Å². The van der Waals surface area contributed by atoms with E-state index in [4.69, 9.17) is 0 Å². The molecule has 93 valence electrons. The molecule has 2 rings (SSSR count). The van der Waals surface area contributed by atoms with Gasteiger partial charge in [-0.25, -0.2) is 0 Å². The Morgan fingerprint density at radius 1 is 1.24 bits per heavy atom. The molecular formula is C13H18Cl2NZr. The van der Waals surface area contributed by atoms with Crippen molar-refractivity contribution in [2.24, 2.45) is 0 Å². The van der Waals surface area contributed by atoms with Crippen molar-refractivity contribution in [3.05, 3.63) is 39.8 Å². The van der Waals surface area contributed by atoms with Gasteiger partial charge in [0.05, 0.1) is 0 Å². The molecule has 0 radical (unpaired) electrons. The van der Waals surface area contributed by atoms with Gasteiger partial charge in [0.25, 0.3) is 0 Å². The maximum atomic E-state index is 3.44. The van der Waals surface area contributed by atoms with E-state index in [0.29, 0.717) is 3.12 Å². The molecule has 1 aliphatic carbocycles. The van der Waals surface area contributed by atoms with Gasteiger partial charge in [-0.3, -0.25) is 0 Å². The van der Waals surface area contributed by atoms with Crippen LogP contribution in [0.3, 0.4) is 0 Å². The molecule has 1 heterocycles. The summed E-state index contributed by atoms with van der Waals surface area (Å²) < 4.78 is 3.71. The molecule has 0 atom stereocenters. The van der Waals surface area contributed by atoms with E-state index in [1.165, 1.54) is 9.82 Å². The van der Waals surface area contributed by atoms with Gasteiger partial charge in [-0.2, -0.15) is 0 Å². The average Bonchev–Trinajstić information content (AvgIpc) is 2.73. The van der Waals surface area contributed by atoms with Gasteiger partial charge in [-0.05, 0) is 0 Å². The second-order valence-electron chi connectivity index (χ2n) is 5.03. The van der Waals surface area contributed by atoms with Crippen molar-refractivity contribution in [2.75, 3.05) is 0 Å². The number of halogens is 2. The zero-order valence-corrected chi connectivity index (χ0v) is 14.4. The average molecular weight is 350 g/mol. The van der Waals surface area contributed by atoms with Crippen LogP contribution in [-0.4, -0.2) is 4.98 Å². The summed E-state index contributed by atoms with van der Waals surface area (Å²) in [6.45, 7) is 7.17. The molecule has 4 heteroatoms. The molecule has 1 aromatic rings. The number of H-pyrrole nitrogens is 1. The fourth-order valence-corrected chi connectivity index (χ4v) is 10.0. The largest absolute Gasteiger partial charge is 1.00 e. The summed E-state index contributed by atoms with van der Waals surface area (Å²) in [5, 5.41) is 0. The quantitative estimate of drug-likeness (QED) is 0.599. The molecule has 0 fully saturated rings. The van der Waals surface area contributed by atoms with Crippen LogP contribution in [0.5, 0.6) is 0 Å². The number of rotatable bonds is 2. The maximum Gasteiger partial charge on any atom is -1.00 e. The number of hydrogen-bond acceptors (Lipinski definition) is 0. The molecule has 1 N–H and O–H groups in total. The third-order valence-electron chi connectivity index (χ3n) is 2.71. The first kappa shape index (κ1) is 17.2. The van der Waals surface area contributed by atoms with E-state index >= 15 is 0 Å². The summed E-state index contributed by atoms with van der Waals surface area (Å²) in [6.07, 6.45) is 10.1. The standard InChI is InChI=1S/C5H5.C4H4N.C4H9.2ClH.Zr/c2*1-2-4-5-3-1;1-4(2)3;;;/h1-3H,4H2;1-3,5H;1-3H3;2*1H;/q;;;;;+2/p-2. The van der Waals surface area contributed by atoms with Gasteiger partial charge < -0.3 is 24.8 Å². The minimum atomic E-state index is -1.68. The minimum absolute atomic E-state index is 0. The van der Waals surface area contributed by atoms with Crippen molar-refractivity contribution < 1.29 is 46.6 Å². The van der Waals surface area contributed by atoms with Gasteiger partial charge in [0.15, 0.2) is 0 Å². The smallest absolute Gasteiger partial charge is 1.00 e. The van der Waals surface area contributed by atoms with Crippen molar-refractivity contribution in [1.29, 1.82) is 0 Å². The Kier molecular flexibility index (Phi) is 7.06.